The van der Waals surface area contributed by atoms with Crippen LogP contribution in [-0.2, 0) is 4.79 Å². The Kier molecular flexibility index (Phi) is 4.58. The summed E-state index contributed by atoms with van der Waals surface area (Å²) in [6, 6.07) is 3.11. The minimum absolute atomic E-state index is 0.0779. The number of carbonyl (C=O) groups is 1. The van der Waals surface area contributed by atoms with E-state index in [1.54, 1.807) is 0 Å². The second-order valence-electron chi connectivity index (χ2n) is 2.86. The van der Waals surface area contributed by atoms with Gasteiger partial charge in [0.25, 0.3) is 0 Å². The van der Waals surface area contributed by atoms with Crippen molar-refractivity contribution in [2.45, 2.75) is 12.5 Å². The van der Waals surface area contributed by atoms with Crippen molar-refractivity contribution in [3.63, 3.8) is 0 Å². The van der Waals surface area contributed by atoms with Crippen molar-refractivity contribution in [1.82, 2.24) is 5.32 Å². The van der Waals surface area contributed by atoms with Crippen LogP contribution in [0.25, 0.3) is 0 Å². The van der Waals surface area contributed by atoms with E-state index in [0.29, 0.717) is 13.0 Å². The lowest BCUT2D eigenvalue weighted by Gasteiger charge is -2.09. The van der Waals surface area contributed by atoms with Crippen LogP contribution in [0.4, 0.5) is 0 Å². The summed E-state index contributed by atoms with van der Waals surface area (Å²) in [7, 11) is 0. The fourth-order valence-electron chi connectivity index (χ4n) is 0.998. The van der Waals surface area contributed by atoms with Gasteiger partial charge in [-0.3, -0.25) is 4.79 Å². The average molecular weight is 214 g/mol. The number of aliphatic hydroxyl groups excluding tert-OH is 1. The molecule has 0 aliphatic carbocycles. The van der Waals surface area contributed by atoms with E-state index in [1.165, 1.54) is 11.3 Å². The second-order valence-corrected chi connectivity index (χ2v) is 3.84. The number of rotatable bonds is 5. The van der Waals surface area contributed by atoms with Gasteiger partial charge in [0.05, 0.1) is 0 Å². The molecule has 0 aliphatic heterocycles. The van der Waals surface area contributed by atoms with Crippen LogP contribution >= 0.6 is 11.3 Å². The van der Waals surface area contributed by atoms with Crippen molar-refractivity contribution in [1.29, 1.82) is 0 Å². The molecule has 5 heteroatoms. The average Bonchev–Trinajstić information content (AvgIpc) is 2.69. The van der Waals surface area contributed by atoms with Crippen LogP contribution in [-0.4, -0.2) is 24.2 Å². The Bertz CT molecular complexity index is 274. The predicted molar refractivity (Wildman–Crippen MR) is 56.0 cm³/mol. The van der Waals surface area contributed by atoms with Crippen LogP contribution in [0.3, 0.4) is 0 Å². The first-order valence-electron chi connectivity index (χ1n) is 4.43. The smallest absolute Gasteiger partial charge is 0.242 e. The zero-order valence-electron chi connectivity index (χ0n) is 7.77. The first-order valence-corrected chi connectivity index (χ1v) is 5.31. The summed E-state index contributed by atoms with van der Waals surface area (Å²) in [5, 5.41) is 13.1. The standard InChI is InChI=1S/C9H14N2O2S/c10-8(7-3-1-6-14-7)9(13)11-4-2-5-12/h1,3,6,8,12H,2,4-5,10H2,(H,11,13). The number of carbonyl (C=O) groups excluding carboxylic acids is 1. The van der Waals surface area contributed by atoms with Crippen LogP contribution in [0.5, 0.6) is 0 Å². The van der Waals surface area contributed by atoms with Crippen molar-refractivity contribution in [3.05, 3.63) is 22.4 Å². The number of hydrogen-bond donors (Lipinski definition) is 3. The SMILES string of the molecule is NC(C(=O)NCCCO)c1cccs1. The van der Waals surface area contributed by atoms with Gasteiger partial charge in [-0.25, -0.2) is 0 Å². The number of nitrogens with two attached hydrogens (primary N) is 1. The Morgan fingerprint density at radius 2 is 2.50 bits per heavy atom. The molecular formula is C9H14N2O2S. The van der Waals surface area contributed by atoms with E-state index in [2.05, 4.69) is 5.32 Å². The molecule has 78 valence electrons. The molecule has 1 aromatic rings. The topological polar surface area (TPSA) is 75.4 Å². The second kappa shape index (κ2) is 5.74. The highest BCUT2D eigenvalue weighted by Gasteiger charge is 2.15. The van der Waals surface area contributed by atoms with E-state index in [1.807, 2.05) is 17.5 Å². The maximum atomic E-state index is 11.4. The normalized spacial score (nSPS) is 12.4. The van der Waals surface area contributed by atoms with Gasteiger partial charge < -0.3 is 16.2 Å². The number of amides is 1. The number of aliphatic hydroxyl groups is 1. The molecule has 1 rings (SSSR count). The lowest BCUT2D eigenvalue weighted by Crippen LogP contribution is -2.34. The molecule has 0 saturated carbocycles. The Morgan fingerprint density at radius 1 is 1.71 bits per heavy atom. The first-order chi connectivity index (χ1) is 6.75. The summed E-state index contributed by atoms with van der Waals surface area (Å²) >= 11 is 1.46. The summed E-state index contributed by atoms with van der Waals surface area (Å²) in [5.41, 5.74) is 5.70. The fraction of sp³-hybridized carbons (Fsp3) is 0.444. The zero-order chi connectivity index (χ0) is 10.4. The van der Waals surface area contributed by atoms with Crippen molar-refractivity contribution < 1.29 is 9.90 Å². The van der Waals surface area contributed by atoms with Crippen LogP contribution < -0.4 is 11.1 Å². The lowest BCUT2D eigenvalue weighted by atomic mass is 10.2. The van der Waals surface area contributed by atoms with Gasteiger partial charge in [-0.15, -0.1) is 11.3 Å². The highest BCUT2D eigenvalue weighted by molar-refractivity contribution is 7.10. The van der Waals surface area contributed by atoms with E-state index in [0.717, 1.165) is 4.88 Å². The summed E-state index contributed by atoms with van der Waals surface area (Å²) in [4.78, 5) is 12.3. The Hall–Kier alpha value is -0.910. The molecule has 0 aliphatic rings. The summed E-state index contributed by atoms with van der Waals surface area (Å²) < 4.78 is 0. The number of nitrogens with one attached hydrogen (secondary N) is 1. The van der Waals surface area contributed by atoms with Crippen LogP contribution in [0, 0.1) is 0 Å². The maximum absolute atomic E-state index is 11.4. The Balaban J connectivity index is 2.37. The predicted octanol–water partition coefficient (Wildman–Crippen LogP) is 0.247. The minimum atomic E-state index is -0.589. The molecule has 0 bridgehead atoms. The van der Waals surface area contributed by atoms with E-state index in [4.69, 9.17) is 10.8 Å². The van der Waals surface area contributed by atoms with Crippen LogP contribution in [0.15, 0.2) is 17.5 Å². The van der Waals surface area contributed by atoms with Crippen LogP contribution in [0.2, 0.25) is 0 Å². The zero-order valence-corrected chi connectivity index (χ0v) is 8.59. The number of hydrogen-bond acceptors (Lipinski definition) is 4. The summed E-state index contributed by atoms with van der Waals surface area (Å²) in [5.74, 6) is -0.194. The van der Waals surface area contributed by atoms with Gasteiger partial charge in [-0.2, -0.15) is 0 Å². The van der Waals surface area contributed by atoms with E-state index >= 15 is 0 Å². The molecule has 0 aromatic carbocycles. The monoisotopic (exact) mass is 214 g/mol. The Morgan fingerprint density at radius 3 is 3.07 bits per heavy atom. The molecule has 1 unspecified atom stereocenters. The quantitative estimate of drug-likeness (QED) is 0.615. The van der Waals surface area contributed by atoms with E-state index in [-0.39, 0.29) is 12.5 Å². The maximum Gasteiger partial charge on any atom is 0.242 e. The van der Waals surface area contributed by atoms with Crippen molar-refractivity contribution in [2.24, 2.45) is 5.73 Å². The molecule has 1 atom stereocenters. The molecule has 4 N–H and O–H groups in total. The van der Waals surface area contributed by atoms with Crippen molar-refractivity contribution in [2.75, 3.05) is 13.2 Å². The Labute approximate surface area is 86.7 Å². The molecule has 1 amide bonds. The molecular weight excluding hydrogens is 200 g/mol. The third-order valence-corrected chi connectivity index (χ3v) is 2.72. The third-order valence-electron chi connectivity index (χ3n) is 1.77. The van der Waals surface area contributed by atoms with Gasteiger partial charge in [0.15, 0.2) is 0 Å². The van der Waals surface area contributed by atoms with Gasteiger partial charge in [0.2, 0.25) is 5.91 Å². The molecule has 14 heavy (non-hydrogen) atoms. The lowest BCUT2D eigenvalue weighted by molar-refractivity contribution is -0.122. The molecule has 0 fully saturated rings. The highest BCUT2D eigenvalue weighted by Crippen LogP contribution is 2.16. The van der Waals surface area contributed by atoms with Gasteiger partial charge in [-0.1, -0.05) is 6.07 Å². The van der Waals surface area contributed by atoms with Gasteiger partial charge in [0.1, 0.15) is 6.04 Å². The summed E-state index contributed by atoms with van der Waals surface area (Å²) in [6.07, 6.45) is 0.558. The largest absolute Gasteiger partial charge is 0.396 e. The molecule has 0 saturated heterocycles. The third kappa shape index (κ3) is 3.10. The molecule has 0 spiro atoms. The molecule has 1 heterocycles. The number of thiophene rings is 1. The molecule has 0 radical (unpaired) electrons. The highest BCUT2D eigenvalue weighted by atomic mass is 32.1. The van der Waals surface area contributed by atoms with Gasteiger partial charge in [-0.05, 0) is 17.9 Å². The van der Waals surface area contributed by atoms with Crippen molar-refractivity contribution in [3.8, 4) is 0 Å². The van der Waals surface area contributed by atoms with Crippen molar-refractivity contribution >= 4 is 17.2 Å². The minimum Gasteiger partial charge on any atom is -0.396 e. The van der Waals surface area contributed by atoms with E-state index < -0.39 is 6.04 Å². The summed E-state index contributed by atoms with van der Waals surface area (Å²) in [6.45, 7) is 0.545. The molecule has 4 nitrogen and oxygen atoms in total. The first kappa shape index (κ1) is 11.2. The van der Waals surface area contributed by atoms with Gasteiger partial charge in [0, 0.05) is 18.0 Å². The van der Waals surface area contributed by atoms with Gasteiger partial charge >= 0.3 is 0 Å². The van der Waals surface area contributed by atoms with E-state index in [9.17, 15) is 4.79 Å². The fourth-order valence-corrected chi connectivity index (χ4v) is 1.72. The van der Waals surface area contributed by atoms with Crippen LogP contribution in [0.1, 0.15) is 17.3 Å². The molecule has 1 aromatic heterocycles.